The van der Waals surface area contributed by atoms with E-state index in [1.54, 1.807) is 18.8 Å². The quantitative estimate of drug-likeness (QED) is 0.708. The van der Waals surface area contributed by atoms with E-state index in [1.165, 1.54) is 25.7 Å². The van der Waals surface area contributed by atoms with E-state index in [-0.39, 0.29) is 6.04 Å². The number of thioether (sulfide) groups is 1. The van der Waals surface area contributed by atoms with Gasteiger partial charge in [0, 0.05) is 11.0 Å². The predicted octanol–water partition coefficient (Wildman–Crippen LogP) is 1.33. The second-order valence-corrected chi connectivity index (χ2v) is 4.75. The zero-order valence-electron chi connectivity index (χ0n) is 7.95. The zero-order chi connectivity index (χ0) is 9.68. The minimum Gasteiger partial charge on any atom is -0.480 e. The number of hydrogen-bond donors (Lipinski definition) is 2. The minimum absolute atomic E-state index is 0.384. The highest BCUT2D eigenvalue weighted by atomic mass is 32.2. The summed E-state index contributed by atoms with van der Waals surface area (Å²) < 4.78 is 0. The van der Waals surface area contributed by atoms with Crippen molar-refractivity contribution in [3.05, 3.63) is 0 Å². The standard InChI is InChI=1S/C9H17NO2S/c1-10-8(9(11)12)6-13-7-4-2-3-5-7/h7-8,10H,2-6H2,1H3,(H,11,12). The SMILES string of the molecule is CNC(CSC1CCCC1)C(=O)O. The molecular weight excluding hydrogens is 186 g/mol. The first-order valence-corrected chi connectivity index (χ1v) is 5.80. The molecule has 1 rings (SSSR count). The summed E-state index contributed by atoms with van der Waals surface area (Å²) in [6.07, 6.45) is 5.16. The minimum atomic E-state index is -0.743. The van der Waals surface area contributed by atoms with Gasteiger partial charge in [-0.05, 0) is 19.9 Å². The lowest BCUT2D eigenvalue weighted by Crippen LogP contribution is -2.36. The number of carboxylic acids is 1. The van der Waals surface area contributed by atoms with E-state index in [4.69, 9.17) is 5.11 Å². The molecule has 0 aromatic carbocycles. The molecule has 0 aromatic heterocycles. The van der Waals surface area contributed by atoms with Crippen molar-refractivity contribution in [3.63, 3.8) is 0 Å². The molecule has 0 spiro atoms. The molecule has 76 valence electrons. The summed E-state index contributed by atoms with van der Waals surface area (Å²) in [6.45, 7) is 0. The van der Waals surface area contributed by atoms with Gasteiger partial charge in [-0.2, -0.15) is 11.8 Å². The van der Waals surface area contributed by atoms with Gasteiger partial charge in [0.25, 0.3) is 0 Å². The Bertz CT molecular complexity index is 169. The Kier molecular flexibility index (Phi) is 4.59. The van der Waals surface area contributed by atoms with E-state index in [2.05, 4.69) is 5.32 Å². The van der Waals surface area contributed by atoms with E-state index in [9.17, 15) is 4.79 Å². The van der Waals surface area contributed by atoms with Crippen molar-refractivity contribution in [3.8, 4) is 0 Å². The molecule has 0 radical (unpaired) electrons. The van der Waals surface area contributed by atoms with Crippen LogP contribution in [0, 0.1) is 0 Å². The molecule has 0 saturated heterocycles. The lowest BCUT2D eigenvalue weighted by Gasteiger charge is -2.13. The fraction of sp³-hybridized carbons (Fsp3) is 0.889. The smallest absolute Gasteiger partial charge is 0.321 e. The van der Waals surface area contributed by atoms with Gasteiger partial charge in [-0.25, -0.2) is 0 Å². The molecule has 2 N–H and O–H groups in total. The average molecular weight is 203 g/mol. The van der Waals surface area contributed by atoms with Gasteiger partial charge in [-0.3, -0.25) is 4.79 Å². The fourth-order valence-electron chi connectivity index (χ4n) is 1.57. The van der Waals surface area contributed by atoms with Crippen LogP contribution >= 0.6 is 11.8 Å². The van der Waals surface area contributed by atoms with E-state index in [1.807, 2.05) is 0 Å². The third-order valence-corrected chi connectivity index (χ3v) is 3.92. The first-order chi connectivity index (χ1) is 6.24. The van der Waals surface area contributed by atoms with Crippen LogP contribution < -0.4 is 5.32 Å². The molecule has 13 heavy (non-hydrogen) atoms. The van der Waals surface area contributed by atoms with Crippen molar-refractivity contribution in [2.75, 3.05) is 12.8 Å². The number of carboxylic acid groups (broad SMARTS) is 1. The van der Waals surface area contributed by atoms with Gasteiger partial charge >= 0.3 is 5.97 Å². The Morgan fingerprint density at radius 2 is 2.23 bits per heavy atom. The molecule has 0 bridgehead atoms. The van der Waals surface area contributed by atoms with E-state index in [0.717, 1.165) is 0 Å². The normalized spacial score (nSPS) is 20.4. The molecule has 1 aliphatic rings. The summed E-state index contributed by atoms with van der Waals surface area (Å²) in [4.78, 5) is 10.7. The molecule has 4 heteroatoms. The molecule has 1 unspecified atom stereocenters. The second-order valence-electron chi connectivity index (χ2n) is 3.42. The van der Waals surface area contributed by atoms with Gasteiger partial charge < -0.3 is 10.4 Å². The third kappa shape index (κ3) is 3.56. The molecule has 0 amide bonds. The van der Waals surface area contributed by atoms with E-state index in [0.29, 0.717) is 11.0 Å². The molecule has 1 aliphatic carbocycles. The number of aliphatic carboxylic acids is 1. The molecule has 1 saturated carbocycles. The third-order valence-electron chi connectivity index (χ3n) is 2.45. The molecule has 0 heterocycles. The maximum Gasteiger partial charge on any atom is 0.321 e. The molecule has 3 nitrogen and oxygen atoms in total. The fourth-order valence-corrected chi connectivity index (χ4v) is 3.01. The van der Waals surface area contributed by atoms with Crippen LogP contribution in [0.1, 0.15) is 25.7 Å². The lowest BCUT2D eigenvalue weighted by molar-refractivity contribution is -0.138. The first kappa shape index (κ1) is 10.9. The van der Waals surface area contributed by atoms with Gasteiger partial charge in [0.2, 0.25) is 0 Å². The summed E-state index contributed by atoms with van der Waals surface area (Å²) in [6, 6.07) is -0.384. The van der Waals surface area contributed by atoms with Crippen molar-refractivity contribution < 1.29 is 9.90 Å². The summed E-state index contributed by atoms with van der Waals surface area (Å²) >= 11 is 1.80. The van der Waals surface area contributed by atoms with Crippen molar-refractivity contribution in [1.82, 2.24) is 5.32 Å². The second kappa shape index (κ2) is 5.50. The lowest BCUT2D eigenvalue weighted by atomic mass is 10.3. The van der Waals surface area contributed by atoms with Crippen molar-refractivity contribution in [1.29, 1.82) is 0 Å². The number of nitrogens with one attached hydrogen (secondary N) is 1. The van der Waals surface area contributed by atoms with Gasteiger partial charge in [0.15, 0.2) is 0 Å². The van der Waals surface area contributed by atoms with Crippen molar-refractivity contribution in [2.24, 2.45) is 0 Å². The van der Waals surface area contributed by atoms with Crippen LogP contribution in [-0.4, -0.2) is 35.2 Å². The van der Waals surface area contributed by atoms with Crippen LogP contribution in [0.5, 0.6) is 0 Å². The summed E-state index contributed by atoms with van der Waals surface area (Å²) in [5.41, 5.74) is 0. The number of rotatable bonds is 5. The Hall–Kier alpha value is -0.220. The van der Waals surface area contributed by atoms with Crippen LogP contribution in [0.4, 0.5) is 0 Å². The van der Waals surface area contributed by atoms with Crippen LogP contribution in [0.3, 0.4) is 0 Å². The summed E-state index contributed by atoms with van der Waals surface area (Å²) in [7, 11) is 1.70. The van der Waals surface area contributed by atoms with Gasteiger partial charge in [-0.1, -0.05) is 12.8 Å². The highest BCUT2D eigenvalue weighted by molar-refractivity contribution is 8.00. The number of hydrogen-bond acceptors (Lipinski definition) is 3. The van der Waals surface area contributed by atoms with Crippen LogP contribution in [0.15, 0.2) is 0 Å². The van der Waals surface area contributed by atoms with Gasteiger partial charge in [0.05, 0.1) is 0 Å². The molecule has 0 aliphatic heterocycles. The van der Waals surface area contributed by atoms with E-state index >= 15 is 0 Å². The monoisotopic (exact) mass is 203 g/mol. The average Bonchev–Trinajstić information content (AvgIpc) is 2.57. The van der Waals surface area contributed by atoms with Crippen molar-refractivity contribution in [2.45, 2.75) is 37.0 Å². The first-order valence-electron chi connectivity index (χ1n) is 4.75. The van der Waals surface area contributed by atoms with Crippen LogP contribution in [0.25, 0.3) is 0 Å². The largest absolute Gasteiger partial charge is 0.480 e. The number of carbonyl (C=O) groups is 1. The Labute approximate surface area is 83.3 Å². The summed E-state index contributed by atoms with van der Waals surface area (Å²) in [5, 5.41) is 12.3. The molecule has 0 aromatic rings. The van der Waals surface area contributed by atoms with Gasteiger partial charge in [0.1, 0.15) is 6.04 Å². The van der Waals surface area contributed by atoms with Crippen LogP contribution in [-0.2, 0) is 4.79 Å². The predicted molar refractivity (Wildman–Crippen MR) is 55.2 cm³/mol. The Balaban J connectivity index is 2.18. The highest BCUT2D eigenvalue weighted by Gasteiger charge is 2.20. The topological polar surface area (TPSA) is 49.3 Å². The Morgan fingerprint density at radius 1 is 1.62 bits per heavy atom. The van der Waals surface area contributed by atoms with Crippen molar-refractivity contribution >= 4 is 17.7 Å². The Morgan fingerprint density at radius 3 is 2.69 bits per heavy atom. The molecule has 1 fully saturated rings. The maximum absolute atomic E-state index is 10.7. The summed E-state index contributed by atoms with van der Waals surface area (Å²) in [5.74, 6) is -0.0516. The van der Waals surface area contributed by atoms with Gasteiger partial charge in [-0.15, -0.1) is 0 Å². The van der Waals surface area contributed by atoms with Crippen LogP contribution in [0.2, 0.25) is 0 Å². The molecular formula is C9H17NO2S. The zero-order valence-corrected chi connectivity index (χ0v) is 8.77. The maximum atomic E-state index is 10.7. The number of likely N-dealkylation sites (N-methyl/N-ethyl adjacent to an activating group) is 1. The van der Waals surface area contributed by atoms with E-state index < -0.39 is 5.97 Å². The highest BCUT2D eigenvalue weighted by Crippen LogP contribution is 2.29. The molecule has 1 atom stereocenters.